The van der Waals surface area contributed by atoms with Crippen molar-refractivity contribution in [3.05, 3.63) is 0 Å². The van der Waals surface area contributed by atoms with Crippen LogP contribution in [0, 0.1) is 5.41 Å². The van der Waals surface area contributed by atoms with Gasteiger partial charge in [-0.2, -0.15) is 0 Å². The van der Waals surface area contributed by atoms with Gasteiger partial charge in [0, 0.05) is 5.41 Å². The molecule has 0 aromatic heterocycles. The molecule has 0 aliphatic rings. The summed E-state index contributed by atoms with van der Waals surface area (Å²) >= 11 is 0. The summed E-state index contributed by atoms with van der Waals surface area (Å²) in [5.41, 5.74) is -0.918. The Balaban J connectivity index is 4.15. The van der Waals surface area contributed by atoms with E-state index in [1.165, 1.54) is 13.8 Å². The normalized spacial score (nSPS) is 13.2. The maximum absolute atomic E-state index is 10.3. The van der Waals surface area contributed by atoms with E-state index in [1.54, 1.807) is 0 Å². The molecule has 0 atom stereocenters. The molecule has 0 aliphatic heterocycles. The second kappa shape index (κ2) is 2.82. The second-order valence-electron chi connectivity index (χ2n) is 2.93. The van der Waals surface area contributed by atoms with Crippen LogP contribution in [0.15, 0.2) is 0 Å². The van der Waals surface area contributed by atoms with Gasteiger partial charge in [-0.05, 0) is 0 Å². The first-order chi connectivity index (χ1) is 4.27. The zero-order chi connectivity index (χ0) is 8.41. The van der Waals surface area contributed by atoms with Gasteiger partial charge < -0.3 is 14.6 Å². The van der Waals surface area contributed by atoms with Crippen LogP contribution in [0.4, 0.5) is 0 Å². The van der Waals surface area contributed by atoms with Gasteiger partial charge in [0.2, 0.25) is 0 Å². The Morgan fingerprint density at radius 2 is 1.90 bits per heavy atom. The summed E-state index contributed by atoms with van der Waals surface area (Å²) in [6.45, 7) is 2.97. The van der Waals surface area contributed by atoms with Crippen molar-refractivity contribution in [3.63, 3.8) is 0 Å². The largest absolute Gasteiger partial charge is 0.326 e. The molecule has 5 heteroatoms. The van der Waals surface area contributed by atoms with Crippen LogP contribution < -0.4 is 0 Å². The Morgan fingerprint density at radius 3 is 2.00 bits per heavy atom. The number of carbonyl (C=O) groups is 1. The number of carbonyl (C=O) groups excluding carboxylic acids is 1. The highest BCUT2D eigenvalue weighted by Crippen LogP contribution is 2.40. The lowest BCUT2D eigenvalue weighted by Crippen LogP contribution is -2.18. The highest BCUT2D eigenvalue weighted by molar-refractivity contribution is 7.51. The van der Waals surface area contributed by atoms with E-state index < -0.39 is 13.0 Å². The summed E-state index contributed by atoms with van der Waals surface area (Å²) in [6.07, 6.45) is 0.162. The van der Waals surface area contributed by atoms with Crippen LogP contribution >= 0.6 is 7.60 Å². The van der Waals surface area contributed by atoms with Crippen LogP contribution in [0.2, 0.25) is 0 Å². The van der Waals surface area contributed by atoms with E-state index in [2.05, 4.69) is 0 Å². The maximum Gasteiger partial charge on any atom is 0.326 e. The molecule has 0 rings (SSSR count). The summed E-state index contributed by atoms with van der Waals surface area (Å²) in [4.78, 5) is 27.0. The maximum atomic E-state index is 10.3. The van der Waals surface area contributed by atoms with Crippen molar-refractivity contribution in [3.8, 4) is 0 Å². The van der Waals surface area contributed by atoms with Gasteiger partial charge in [-0.25, -0.2) is 0 Å². The summed E-state index contributed by atoms with van der Waals surface area (Å²) in [7, 11) is -4.04. The van der Waals surface area contributed by atoms with E-state index in [0.717, 1.165) is 0 Å². The van der Waals surface area contributed by atoms with Crippen molar-refractivity contribution >= 4 is 13.9 Å². The molecule has 0 heterocycles. The minimum absolute atomic E-state index is 0.385. The van der Waals surface area contributed by atoms with E-state index in [1.807, 2.05) is 0 Å². The van der Waals surface area contributed by atoms with E-state index in [-0.39, 0.29) is 6.16 Å². The lowest BCUT2D eigenvalue weighted by Gasteiger charge is -2.16. The third-order valence-electron chi connectivity index (χ3n) is 0.933. The minimum Gasteiger partial charge on any atom is -0.324 e. The SMILES string of the molecule is CC(C)(C=O)CP(=O)(O)O. The number of hydrogen-bond donors (Lipinski definition) is 2. The molecule has 2 N–H and O–H groups in total. The van der Waals surface area contributed by atoms with E-state index in [9.17, 15) is 9.36 Å². The highest BCUT2D eigenvalue weighted by Gasteiger charge is 2.27. The average molecular weight is 166 g/mol. The molecule has 0 spiro atoms. The first-order valence-electron chi connectivity index (χ1n) is 2.78. The standard InChI is InChI=1S/C5H11O4P/c1-5(2,3-6)4-10(7,8)9/h3H,4H2,1-2H3,(H2,7,8,9). The highest BCUT2D eigenvalue weighted by atomic mass is 31.2. The molecular formula is C5H11O4P. The molecule has 0 aliphatic carbocycles. The first kappa shape index (κ1) is 9.82. The quantitative estimate of drug-likeness (QED) is 0.469. The van der Waals surface area contributed by atoms with Crippen molar-refractivity contribution in [2.24, 2.45) is 5.41 Å². The molecule has 10 heavy (non-hydrogen) atoms. The molecule has 0 aromatic rings. The minimum atomic E-state index is -4.04. The fourth-order valence-electron chi connectivity index (χ4n) is 0.568. The van der Waals surface area contributed by atoms with Gasteiger partial charge in [0.25, 0.3) is 0 Å². The first-order valence-corrected chi connectivity index (χ1v) is 4.57. The number of rotatable bonds is 3. The molecule has 0 unspecified atom stereocenters. The topological polar surface area (TPSA) is 74.6 Å². The van der Waals surface area contributed by atoms with Crippen LogP contribution in [0.3, 0.4) is 0 Å². The molecule has 60 valence electrons. The Kier molecular flexibility index (Phi) is 2.77. The van der Waals surface area contributed by atoms with E-state index in [4.69, 9.17) is 9.79 Å². The van der Waals surface area contributed by atoms with Gasteiger partial charge in [-0.1, -0.05) is 13.8 Å². The fourth-order valence-corrected chi connectivity index (χ4v) is 1.70. The molecular weight excluding hydrogens is 155 g/mol. The van der Waals surface area contributed by atoms with Gasteiger partial charge in [0.05, 0.1) is 6.16 Å². The molecule has 0 fully saturated rings. The Labute approximate surface area is 59.4 Å². The molecule has 0 bridgehead atoms. The summed E-state index contributed by atoms with van der Waals surface area (Å²) in [5, 5.41) is 0. The van der Waals surface area contributed by atoms with Crippen LogP contribution in [0.25, 0.3) is 0 Å². The molecule has 0 saturated carbocycles. The van der Waals surface area contributed by atoms with Gasteiger partial charge >= 0.3 is 7.60 Å². The van der Waals surface area contributed by atoms with Gasteiger partial charge in [-0.3, -0.25) is 4.57 Å². The van der Waals surface area contributed by atoms with Crippen molar-refractivity contribution < 1.29 is 19.1 Å². The smallest absolute Gasteiger partial charge is 0.324 e. The van der Waals surface area contributed by atoms with Crippen molar-refractivity contribution in [1.29, 1.82) is 0 Å². The number of hydrogen-bond acceptors (Lipinski definition) is 2. The van der Waals surface area contributed by atoms with Crippen LogP contribution in [-0.4, -0.2) is 22.2 Å². The zero-order valence-corrected chi connectivity index (χ0v) is 6.84. The predicted molar refractivity (Wildman–Crippen MR) is 36.8 cm³/mol. The summed E-state index contributed by atoms with van der Waals surface area (Å²) in [6, 6.07) is 0. The third-order valence-corrected chi connectivity index (χ3v) is 2.16. The molecule has 0 aromatic carbocycles. The molecule has 0 radical (unpaired) electrons. The molecule has 4 nitrogen and oxygen atoms in total. The van der Waals surface area contributed by atoms with E-state index in [0.29, 0.717) is 6.29 Å². The summed E-state index contributed by atoms with van der Waals surface area (Å²) < 4.78 is 10.3. The van der Waals surface area contributed by atoms with Gasteiger partial charge in [0.15, 0.2) is 0 Å². The fraction of sp³-hybridized carbons (Fsp3) is 0.800. The third kappa shape index (κ3) is 4.68. The molecule has 0 saturated heterocycles. The van der Waals surface area contributed by atoms with Gasteiger partial charge in [0.1, 0.15) is 6.29 Å². The van der Waals surface area contributed by atoms with Crippen LogP contribution in [0.5, 0.6) is 0 Å². The predicted octanol–water partition coefficient (Wildman–Crippen LogP) is 0.389. The number of aldehydes is 1. The van der Waals surface area contributed by atoms with Crippen LogP contribution in [0.1, 0.15) is 13.8 Å². The summed E-state index contributed by atoms with van der Waals surface area (Å²) in [5.74, 6) is 0. The monoisotopic (exact) mass is 166 g/mol. The van der Waals surface area contributed by atoms with Crippen molar-refractivity contribution in [2.75, 3.05) is 6.16 Å². The lowest BCUT2D eigenvalue weighted by atomic mass is 10.00. The Morgan fingerprint density at radius 1 is 1.50 bits per heavy atom. The molecule has 0 amide bonds. The lowest BCUT2D eigenvalue weighted by molar-refractivity contribution is -0.113. The second-order valence-corrected chi connectivity index (χ2v) is 4.57. The Bertz CT molecular complexity index is 168. The average Bonchev–Trinajstić information content (AvgIpc) is 1.60. The van der Waals surface area contributed by atoms with Crippen molar-refractivity contribution in [2.45, 2.75) is 13.8 Å². The Hall–Kier alpha value is -0.180. The van der Waals surface area contributed by atoms with Gasteiger partial charge in [-0.15, -0.1) is 0 Å². The zero-order valence-electron chi connectivity index (χ0n) is 5.94. The van der Waals surface area contributed by atoms with Crippen LogP contribution in [-0.2, 0) is 9.36 Å². The van der Waals surface area contributed by atoms with Crippen molar-refractivity contribution in [1.82, 2.24) is 0 Å². The van der Waals surface area contributed by atoms with E-state index >= 15 is 0 Å².